The van der Waals surface area contributed by atoms with Gasteiger partial charge in [-0.15, -0.1) is 0 Å². The fourth-order valence-electron chi connectivity index (χ4n) is 4.02. The summed E-state index contributed by atoms with van der Waals surface area (Å²) in [7, 11) is 1.12. The number of halogens is 2. The summed E-state index contributed by atoms with van der Waals surface area (Å²) in [6, 6.07) is 9.44. The van der Waals surface area contributed by atoms with E-state index in [0.717, 1.165) is 17.6 Å². The summed E-state index contributed by atoms with van der Waals surface area (Å²) in [5, 5.41) is 6.77. The summed E-state index contributed by atoms with van der Waals surface area (Å²) in [4.78, 5) is 34.2. The van der Waals surface area contributed by atoms with Crippen LogP contribution in [0.5, 0.6) is 0 Å². The molecule has 2 amide bonds. The van der Waals surface area contributed by atoms with Crippen LogP contribution >= 0.6 is 0 Å². The van der Waals surface area contributed by atoms with Gasteiger partial charge in [0.05, 0.1) is 19.9 Å². The first kappa shape index (κ1) is 22.4. The number of carbonyl (C=O) groups is 2. The molecule has 0 aliphatic carbocycles. The number of fused-ring (bicyclic) bond motifs is 1. The van der Waals surface area contributed by atoms with Crippen molar-refractivity contribution >= 4 is 23.3 Å². The number of nitrogens with one attached hydrogen (secondary N) is 1. The van der Waals surface area contributed by atoms with E-state index in [0.29, 0.717) is 22.6 Å². The predicted octanol–water partition coefficient (Wildman–Crippen LogP) is 4.09. The number of imidazole rings is 1. The van der Waals surface area contributed by atoms with Crippen LogP contribution in [0.25, 0.3) is 17.0 Å². The standard InChI is InChI=1S/C23H20F2N6O4/c1-13-6-7-14(9-15(13)27-20(32)17-11-26-18-5-3-4-8-30(17)18)19-28-21(35-29-19)16-10-23(24,25)12-31(16)22(33)34-2/h3-9,11,16H,10,12H2,1-2H3,(H,27,32)/t16-/m0/s1. The van der Waals surface area contributed by atoms with Gasteiger partial charge in [-0.25, -0.2) is 18.6 Å². The van der Waals surface area contributed by atoms with E-state index in [9.17, 15) is 18.4 Å². The maximum Gasteiger partial charge on any atom is 0.410 e. The van der Waals surface area contributed by atoms with E-state index in [-0.39, 0.29) is 17.6 Å². The number of hydrogen-bond donors (Lipinski definition) is 1. The fourth-order valence-corrected chi connectivity index (χ4v) is 4.02. The molecule has 0 saturated carbocycles. The van der Waals surface area contributed by atoms with Gasteiger partial charge >= 0.3 is 6.09 Å². The number of aromatic nitrogens is 4. The Morgan fingerprint density at radius 1 is 1.26 bits per heavy atom. The molecule has 0 spiro atoms. The molecule has 0 radical (unpaired) electrons. The lowest BCUT2D eigenvalue weighted by atomic mass is 10.1. The van der Waals surface area contributed by atoms with E-state index in [1.807, 2.05) is 13.0 Å². The molecule has 180 valence electrons. The van der Waals surface area contributed by atoms with Crippen LogP contribution in [0.4, 0.5) is 19.3 Å². The van der Waals surface area contributed by atoms with Crippen LogP contribution < -0.4 is 5.32 Å². The lowest BCUT2D eigenvalue weighted by Gasteiger charge is -2.18. The fraction of sp³-hybridized carbons (Fsp3) is 0.261. The Kier molecular flexibility index (Phi) is 5.42. The highest BCUT2D eigenvalue weighted by molar-refractivity contribution is 6.04. The number of ether oxygens (including phenoxy) is 1. The number of amides is 2. The quantitative estimate of drug-likeness (QED) is 0.466. The summed E-state index contributed by atoms with van der Waals surface area (Å²) in [6.45, 7) is 1.02. The molecule has 0 bridgehead atoms. The highest BCUT2D eigenvalue weighted by atomic mass is 19.3. The number of alkyl halides is 2. The van der Waals surface area contributed by atoms with E-state index in [1.165, 1.54) is 6.20 Å². The molecule has 1 fully saturated rings. The van der Waals surface area contributed by atoms with Crippen molar-refractivity contribution in [3.05, 3.63) is 65.9 Å². The Morgan fingerprint density at radius 3 is 2.89 bits per heavy atom. The molecule has 1 aromatic carbocycles. The number of anilines is 1. The average molecular weight is 482 g/mol. The maximum atomic E-state index is 14.0. The van der Waals surface area contributed by atoms with Crippen molar-refractivity contribution in [1.82, 2.24) is 24.4 Å². The first-order valence-corrected chi connectivity index (χ1v) is 10.7. The number of rotatable bonds is 4. The zero-order valence-corrected chi connectivity index (χ0v) is 18.7. The van der Waals surface area contributed by atoms with Crippen molar-refractivity contribution in [2.75, 3.05) is 19.0 Å². The van der Waals surface area contributed by atoms with Gasteiger partial charge in [0, 0.05) is 23.9 Å². The predicted molar refractivity (Wildman–Crippen MR) is 119 cm³/mol. The summed E-state index contributed by atoms with van der Waals surface area (Å²) in [6.07, 6.45) is 1.67. The van der Waals surface area contributed by atoms with Crippen LogP contribution in [-0.4, -0.2) is 56.0 Å². The molecule has 35 heavy (non-hydrogen) atoms. The largest absolute Gasteiger partial charge is 0.453 e. The van der Waals surface area contributed by atoms with Gasteiger partial charge in [-0.3, -0.25) is 14.1 Å². The highest BCUT2D eigenvalue weighted by Gasteiger charge is 2.50. The van der Waals surface area contributed by atoms with E-state index in [2.05, 4.69) is 25.2 Å². The molecule has 1 aliphatic rings. The summed E-state index contributed by atoms with van der Waals surface area (Å²) in [5.41, 5.74) is 2.78. The molecule has 0 unspecified atom stereocenters. The summed E-state index contributed by atoms with van der Waals surface area (Å²) in [5.74, 6) is -3.46. The molecular weight excluding hydrogens is 462 g/mol. The Hall–Kier alpha value is -4.35. The Labute approximate surface area is 197 Å². The minimum absolute atomic E-state index is 0.125. The van der Waals surface area contributed by atoms with Crippen LogP contribution in [0.15, 0.2) is 53.3 Å². The van der Waals surface area contributed by atoms with Crippen molar-refractivity contribution in [3.63, 3.8) is 0 Å². The van der Waals surface area contributed by atoms with Gasteiger partial charge in [0.25, 0.3) is 11.8 Å². The Balaban J connectivity index is 1.40. The van der Waals surface area contributed by atoms with Gasteiger partial charge in [0.1, 0.15) is 17.4 Å². The first-order valence-electron chi connectivity index (χ1n) is 10.7. The number of aryl methyl sites for hydroxylation is 1. The molecule has 4 heterocycles. The first-order chi connectivity index (χ1) is 16.8. The minimum Gasteiger partial charge on any atom is -0.453 e. The Bertz CT molecular complexity index is 1430. The van der Waals surface area contributed by atoms with Gasteiger partial charge in [-0.2, -0.15) is 4.98 Å². The van der Waals surface area contributed by atoms with Crippen molar-refractivity contribution in [2.24, 2.45) is 0 Å². The number of methoxy groups -OCH3 is 1. The number of hydrogen-bond acceptors (Lipinski definition) is 7. The number of likely N-dealkylation sites (tertiary alicyclic amines) is 1. The van der Waals surface area contributed by atoms with Crippen LogP contribution in [-0.2, 0) is 4.74 Å². The number of benzene rings is 1. The summed E-state index contributed by atoms with van der Waals surface area (Å²) < 4.78 is 39.5. The van der Waals surface area contributed by atoms with Crippen molar-refractivity contribution in [3.8, 4) is 11.4 Å². The van der Waals surface area contributed by atoms with E-state index in [1.54, 1.807) is 40.9 Å². The van der Waals surface area contributed by atoms with Gasteiger partial charge < -0.3 is 14.6 Å². The average Bonchev–Trinajstić information content (AvgIpc) is 3.56. The maximum absolute atomic E-state index is 14.0. The van der Waals surface area contributed by atoms with Crippen LogP contribution in [0.1, 0.15) is 34.4 Å². The van der Waals surface area contributed by atoms with Crippen LogP contribution in [0.3, 0.4) is 0 Å². The highest BCUT2D eigenvalue weighted by Crippen LogP contribution is 2.41. The van der Waals surface area contributed by atoms with Crippen molar-refractivity contribution in [1.29, 1.82) is 0 Å². The third-order valence-corrected chi connectivity index (χ3v) is 5.80. The third-order valence-electron chi connectivity index (χ3n) is 5.80. The molecule has 3 aromatic heterocycles. The zero-order valence-electron chi connectivity index (χ0n) is 18.7. The second kappa shape index (κ2) is 8.46. The van der Waals surface area contributed by atoms with Crippen LogP contribution in [0.2, 0.25) is 0 Å². The summed E-state index contributed by atoms with van der Waals surface area (Å²) >= 11 is 0. The van der Waals surface area contributed by atoms with Gasteiger partial charge in [0.2, 0.25) is 11.7 Å². The van der Waals surface area contributed by atoms with Crippen LogP contribution in [0, 0.1) is 6.92 Å². The lowest BCUT2D eigenvalue weighted by Crippen LogP contribution is -2.32. The molecular formula is C23H20F2N6O4. The molecule has 5 rings (SSSR count). The van der Waals surface area contributed by atoms with Gasteiger partial charge in [-0.05, 0) is 30.7 Å². The normalized spacial score (nSPS) is 17.0. The molecule has 12 heteroatoms. The van der Waals surface area contributed by atoms with E-state index in [4.69, 9.17) is 4.52 Å². The lowest BCUT2D eigenvalue weighted by molar-refractivity contribution is 0.0116. The Morgan fingerprint density at radius 2 is 2.09 bits per heavy atom. The second-order valence-corrected chi connectivity index (χ2v) is 8.19. The van der Waals surface area contributed by atoms with Crippen molar-refractivity contribution in [2.45, 2.75) is 25.3 Å². The van der Waals surface area contributed by atoms with E-state index < -0.39 is 31.0 Å². The molecule has 1 N–H and O–H groups in total. The number of nitrogens with zero attached hydrogens (tertiary/aromatic N) is 5. The number of carbonyl (C=O) groups excluding carboxylic acids is 2. The monoisotopic (exact) mass is 482 g/mol. The molecule has 10 nitrogen and oxygen atoms in total. The second-order valence-electron chi connectivity index (χ2n) is 8.19. The minimum atomic E-state index is -3.10. The molecule has 4 aromatic rings. The van der Waals surface area contributed by atoms with Gasteiger partial charge in [0.15, 0.2) is 0 Å². The zero-order chi connectivity index (χ0) is 24.7. The smallest absolute Gasteiger partial charge is 0.410 e. The number of pyridine rings is 1. The van der Waals surface area contributed by atoms with E-state index >= 15 is 0 Å². The van der Waals surface area contributed by atoms with Gasteiger partial charge in [-0.1, -0.05) is 23.4 Å². The molecule has 1 atom stereocenters. The topological polar surface area (TPSA) is 115 Å². The van der Waals surface area contributed by atoms with Crippen molar-refractivity contribution < 1.29 is 27.6 Å². The third kappa shape index (κ3) is 4.18. The molecule has 1 saturated heterocycles. The SMILES string of the molecule is COC(=O)N1CC(F)(F)C[C@H]1c1nc(-c2ccc(C)c(NC(=O)c3cnc4ccccn34)c2)no1. The molecule has 1 aliphatic heterocycles.